The molecule has 1 amide bonds. The molecular formula is C27H30N8O15P2-2. The molecule has 0 aromatic carbocycles. The highest BCUT2D eigenvalue weighted by molar-refractivity contribution is 7.59. The maximum Gasteiger partial charge on any atom is 0.274 e. The first-order valence-electron chi connectivity index (χ1n) is 15.1. The van der Waals surface area contributed by atoms with Crippen LogP contribution in [-0.4, -0.2) is 118 Å². The Kier molecular flexibility index (Phi) is 10.7. The van der Waals surface area contributed by atoms with E-state index in [4.69, 9.17) is 20.9 Å². The number of nitrogens with zero attached hydrogens (tertiary/aromatic N) is 6. The van der Waals surface area contributed by atoms with E-state index in [2.05, 4.69) is 33.3 Å². The summed E-state index contributed by atoms with van der Waals surface area (Å²) in [6.07, 6.45) is -4.01. The molecule has 8 N–H and O–H groups in total. The van der Waals surface area contributed by atoms with E-state index >= 15 is 0 Å². The van der Waals surface area contributed by atoms with Crippen molar-refractivity contribution in [3.63, 3.8) is 0 Å². The monoisotopic (exact) mass is 768 g/mol. The molecule has 6 heterocycles. The lowest BCUT2D eigenvalue weighted by atomic mass is 9.89. The minimum atomic E-state index is -5.77. The summed E-state index contributed by atoms with van der Waals surface area (Å²) in [6.45, 7) is -2.08. The van der Waals surface area contributed by atoms with Crippen molar-refractivity contribution in [1.82, 2.24) is 29.4 Å². The average Bonchev–Trinajstić information content (AvgIpc) is 3.75. The smallest absolute Gasteiger partial charge is 0.274 e. The second-order valence-corrected chi connectivity index (χ2v) is 14.5. The Bertz CT molecular complexity index is 1980. The number of aliphatic hydroxyl groups is 4. The molecule has 25 heteroatoms. The molecular weight excluding hydrogens is 738 g/mol. The number of rotatable bonds is 13. The van der Waals surface area contributed by atoms with Crippen molar-refractivity contribution in [2.45, 2.75) is 49.1 Å². The number of phosphoric acid groups is 2. The number of amides is 1. The molecule has 3 aromatic rings. The van der Waals surface area contributed by atoms with E-state index in [0.29, 0.717) is 0 Å². The van der Waals surface area contributed by atoms with Crippen LogP contribution in [0.4, 0.5) is 5.82 Å². The number of Topliss-reactive ketones (excluding diaryl/α,β-unsaturated/α-hetero) is 1. The number of pyridine rings is 1. The molecule has 2 fully saturated rings. The number of ether oxygens (including phenoxy) is 2. The summed E-state index contributed by atoms with van der Waals surface area (Å²) in [5, 5.41) is 42.2. The fourth-order valence-electron chi connectivity index (χ4n) is 5.64. The van der Waals surface area contributed by atoms with Crippen LogP contribution in [0.5, 0.6) is 0 Å². The lowest BCUT2D eigenvalue weighted by molar-refractivity contribution is -0.246. The van der Waals surface area contributed by atoms with Crippen molar-refractivity contribution in [3.8, 4) is 0 Å². The minimum absolute atomic E-state index is 0.0236. The maximum atomic E-state index is 13.0. The number of nitrogens with two attached hydrogens (primary N) is 2. The number of imidazole rings is 1. The standard InChI is InChI=1S/C27H32N8O15P2/c28-23-17-25(32-10-31-23)35(11-33-17)27-22(40)20(38)16(49-27)9-47-52(44,45)50-51(42,43)46-8-15-19(37)21(39)26(48-15)34-6-3-13(14(7-34)24(29)41)18(36)12-1-4-30-5-2-12/h1-7,10-11,13,15-16,19-22,26-27,37-40H,8-9H2,(H2,29,41)(H,42,43)(H,44,45)(H2,28,31,32)/p-2/t13?,15-,16-,19-,20-,21-,22-,26-,27-/m1/s1. The summed E-state index contributed by atoms with van der Waals surface area (Å²) in [6, 6.07) is 2.88. The van der Waals surface area contributed by atoms with Crippen LogP contribution in [0.1, 0.15) is 16.6 Å². The molecule has 0 spiro atoms. The van der Waals surface area contributed by atoms with Crippen LogP contribution >= 0.6 is 15.6 Å². The molecule has 3 aliphatic heterocycles. The van der Waals surface area contributed by atoms with E-state index in [0.717, 1.165) is 17.4 Å². The summed E-state index contributed by atoms with van der Waals surface area (Å²) in [4.78, 5) is 66.9. The first kappa shape index (κ1) is 37.7. The lowest BCUT2D eigenvalue weighted by Gasteiger charge is -2.32. The van der Waals surface area contributed by atoms with Gasteiger partial charge in [0.2, 0.25) is 5.91 Å². The van der Waals surface area contributed by atoms with Crippen LogP contribution in [0.3, 0.4) is 0 Å². The van der Waals surface area contributed by atoms with Gasteiger partial charge in [-0.2, -0.15) is 0 Å². The highest BCUT2D eigenvalue weighted by Gasteiger charge is 2.47. The van der Waals surface area contributed by atoms with Crippen LogP contribution in [0.25, 0.3) is 11.2 Å². The van der Waals surface area contributed by atoms with E-state index in [9.17, 15) is 48.9 Å². The predicted octanol–water partition coefficient (Wildman–Crippen LogP) is -3.45. The molecule has 0 saturated carbocycles. The van der Waals surface area contributed by atoms with E-state index in [1.54, 1.807) is 0 Å². The highest BCUT2D eigenvalue weighted by Crippen LogP contribution is 2.56. The number of carbonyl (C=O) groups excluding carboxylic acids is 2. The summed E-state index contributed by atoms with van der Waals surface area (Å²) in [7, 11) is -11.5. The molecule has 0 aliphatic carbocycles. The number of primary amides is 1. The van der Waals surface area contributed by atoms with Gasteiger partial charge in [-0.25, -0.2) is 19.3 Å². The lowest BCUT2D eigenvalue weighted by Crippen LogP contribution is -2.41. The zero-order valence-electron chi connectivity index (χ0n) is 26.3. The highest BCUT2D eigenvalue weighted by atomic mass is 31.3. The van der Waals surface area contributed by atoms with Gasteiger partial charge < -0.3 is 65.1 Å². The van der Waals surface area contributed by atoms with E-state index < -0.39 is 95.5 Å². The van der Waals surface area contributed by atoms with Gasteiger partial charge in [-0.15, -0.1) is 0 Å². The van der Waals surface area contributed by atoms with E-state index in [1.807, 2.05) is 0 Å². The van der Waals surface area contributed by atoms with Crippen molar-refractivity contribution in [2.75, 3.05) is 18.9 Å². The molecule has 11 atom stereocenters. The van der Waals surface area contributed by atoms with Crippen LogP contribution in [0, 0.1) is 5.92 Å². The fraction of sp³-hybridized carbons (Fsp3) is 0.407. The quantitative estimate of drug-likeness (QED) is 0.0727. The van der Waals surface area contributed by atoms with Gasteiger partial charge in [0.1, 0.15) is 48.5 Å². The SMILES string of the molecule is NC(=O)C1=CN([C@@H]2O[C@H](COP(=O)([O-])OP(=O)([O-])OC[C@H]3O[C@@H](n4cnc5c(N)ncnc54)[C@H](O)[C@@H]3O)[C@@H](O)[C@H]2O)C=CC1C(=O)c1ccncc1. The number of aliphatic hydroxyl groups excluding tert-OH is 4. The molecule has 3 aliphatic rings. The summed E-state index contributed by atoms with van der Waals surface area (Å²) in [5.41, 5.74) is 11.6. The van der Waals surface area contributed by atoms with Crippen LogP contribution in [0.15, 0.2) is 61.2 Å². The Morgan fingerprint density at radius 3 is 2.12 bits per heavy atom. The minimum Gasteiger partial charge on any atom is -0.756 e. The van der Waals surface area contributed by atoms with Gasteiger partial charge in [0, 0.05) is 35.9 Å². The Balaban J connectivity index is 1.03. The van der Waals surface area contributed by atoms with E-state index in [-0.39, 0.29) is 28.1 Å². The maximum absolute atomic E-state index is 13.0. The summed E-state index contributed by atoms with van der Waals surface area (Å²) in [5.74, 6) is -2.53. The number of aromatic nitrogens is 5. The van der Waals surface area contributed by atoms with Gasteiger partial charge in [-0.3, -0.25) is 28.3 Å². The molecule has 3 aromatic heterocycles. The van der Waals surface area contributed by atoms with Gasteiger partial charge >= 0.3 is 0 Å². The molecule has 280 valence electrons. The zero-order valence-corrected chi connectivity index (χ0v) is 28.1. The molecule has 52 heavy (non-hydrogen) atoms. The van der Waals surface area contributed by atoms with Crippen LogP contribution in [-0.2, 0) is 36.8 Å². The second kappa shape index (κ2) is 14.8. The first-order valence-corrected chi connectivity index (χ1v) is 18.0. The molecule has 2 saturated heterocycles. The zero-order chi connectivity index (χ0) is 37.5. The molecule has 0 bridgehead atoms. The number of hydrogen-bond acceptors (Lipinski definition) is 21. The third-order valence-electron chi connectivity index (χ3n) is 8.23. The number of allylic oxidation sites excluding steroid dienone is 1. The van der Waals surface area contributed by atoms with Gasteiger partial charge in [0.15, 0.2) is 29.7 Å². The molecule has 3 unspecified atom stereocenters. The third-order valence-corrected chi connectivity index (χ3v) is 10.8. The van der Waals surface area contributed by atoms with E-state index in [1.165, 1.54) is 47.7 Å². The molecule has 0 radical (unpaired) electrons. The van der Waals surface area contributed by atoms with Crippen molar-refractivity contribution in [2.24, 2.45) is 11.7 Å². The van der Waals surface area contributed by atoms with Crippen molar-refractivity contribution >= 4 is 44.3 Å². The number of fused-ring (bicyclic) bond motifs is 1. The number of anilines is 1. The van der Waals surface area contributed by atoms with Gasteiger partial charge in [-0.05, 0) is 12.1 Å². The Hall–Kier alpha value is -4.06. The number of phosphoric ester groups is 2. The number of hydrogen-bond donors (Lipinski definition) is 6. The topological polar surface area (TPSA) is 353 Å². The third kappa shape index (κ3) is 7.68. The Morgan fingerprint density at radius 1 is 0.904 bits per heavy atom. The number of ketones is 1. The average molecular weight is 769 g/mol. The number of nitrogen functional groups attached to an aromatic ring is 1. The molecule has 23 nitrogen and oxygen atoms in total. The molecule has 6 rings (SSSR count). The van der Waals surface area contributed by atoms with Crippen molar-refractivity contribution in [3.05, 3.63) is 66.8 Å². The first-order chi connectivity index (χ1) is 24.6. The summed E-state index contributed by atoms with van der Waals surface area (Å²) < 4.78 is 50.4. The van der Waals surface area contributed by atoms with Gasteiger partial charge in [0.25, 0.3) is 15.6 Å². The van der Waals surface area contributed by atoms with Crippen molar-refractivity contribution in [1.29, 1.82) is 0 Å². The Morgan fingerprint density at radius 2 is 1.50 bits per heavy atom. The Labute approximate surface area is 291 Å². The van der Waals surface area contributed by atoms with Gasteiger partial charge in [-0.1, -0.05) is 6.08 Å². The largest absolute Gasteiger partial charge is 0.756 e. The van der Waals surface area contributed by atoms with Crippen molar-refractivity contribution < 1.29 is 71.8 Å². The summed E-state index contributed by atoms with van der Waals surface area (Å²) >= 11 is 0. The van der Waals surface area contributed by atoms with Crippen LogP contribution < -0.4 is 21.3 Å². The number of carbonyl (C=O) groups is 2. The second-order valence-electron chi connectivity index (χ2n) is 11.6. The normalized spacial score (nSPS) is 31.3. The fourth-order valence-corrected chi connectivity index (χ4v) is 7.65. The van der Waals surface area contributed by atoms with Crippen LogP contribution in [0.2, 0.25) is 0 Å². The van der Waals surface area contributed by atoms with Gasteiger partial charge in [0.05, 0.1) is 25.5 Å². The predicted molar refractivity (Wildman–Crippen MR) is 165 cm³/mol.